The fourth-order valence-corrected chi connectivity index (χ4v) is 3.11. The Morgan fingerprint density at radius 3 is 2.38 bits per heavy atom. The Balaban J connectivity index is 1.70. The summed E-state index contributed by atoms with van der Waals surface area (Å²) in [5.41, 5.74) is 2.21. The zero-order chi connectivity index (χ0) is 16.5. The minimum atomic E-state index is -0.139. The molecule has 0 aromatic heterocycles. The zero-order valence-electron chi connectivity index (χ0n) is 12.8. The van der Waals surface area contributed by atoms with E-state index in [2.05, 4.69) is 29.6 Å². The monoisotopic (exact) mass is 330 g/mol. The number of carbonyl (C=O) groups excluding carboxylic acids is 1. The standard InChI is InChI=1S/C20H14N2OS/c23-19-18(21-20(24)22(19)17-8-2-1-3-9-17)13-14-10-11-15-6-4-5-7-16(15)12-14/h1-13H,(H,21,24)/b18-13+. The highest BCUT2D eigenvalue weighted by Gasteiger charge is 2.31. The number of thiocarbonyl (C=S) groups is 1. The summed E-state index contributed by atoms with van der Waals surface area (Å²) in [6, 6.07) is 23.7. The van der Waals surface area contributed by atoms with Gasteiger partial charge in [-0.15, -0.1) is 0 Å². The highest BCUT2D eigenvalue weighted by molar-refractivity contribution is 7.80. The Kier molecular flexibility index (Phi) is 3.59. The van der Waals surface area contributed by atoms with E-state index in [9.17, 15) is 4.79 Å². The van der Waals surface area contributed by atoms with Crippen LogP contribution in [-0.4, -0.2) is 11.0 Å². The van der Waals surface area contributed by atoms with Crippen molar-refractivity contribution in [3.05, 3.63) is 84.1 Å². The van der Waals surface area contributed by atoms with Crippen molar-refractivity contribution < 1.29 is 4.79 Å². The molecule has 1 heterocycles. The van der Waals surface area contributed by atoms with E-state index in [1.54, 1.807) is 0 Å². The van der Waals surface area contributed by atoms with Crippen molar-refractivity contribution in [1.82, 2.24) is 5.32 Å². The van der Waals surface area contributed by atoms with Crippen LogP contribution in [0.15, 0.2) is 78.5 Å². The maximum atomic E-state index is 12.7. The van der Waals surface area contributed by atoms with Crippen molar-refractivity contribution in [3.63, 3.8) is 0 Å². The lowest BCUT2D eigenvalue weighted by Crippen LogP contribution is -2.30. The Labute approximate surface area is 145 Å². The molecule has 0 unspecified atom stereocenters. The van der Waals surface area contributed by atoms with E-state index in [0.717, 1.165) is 16.6 Å². The van der Waals surface area contributed by atoms with Crippen LogP contribution in [0.25, 0.3) is 16.8 Å². The molecule has 1 aliphatic heterocycles. The molecule has 116 valence electrons. The van der Waals surface area contributed by atoms with Crippen LogP contribution in [0.1, 0.15) is 5.56 Å². The van der Waals surface area contributed by atoms with E-state index in [1.165, 1.54) is 10.3 Å². The zero-order valence-corrected chi connectivity index (χ0v) is 13.6. The van der Waals surface area contributed by atoms with Gasteiger partial charge in [-0.05, 0) is 52.8 Å². The first-order chi connectivity index (χ1) is 11.7. The first kappa shape index (κ1) is 14.6. The molecule has 0 aliphatic carbocycles. The highest BCUT2D eigenvalue weighted by Crippen LogP contribution is 2.23. The molecule has 3 nitrogen and oxygen atoms in total. The number of nitrogens with zero attached hydrogens (tertiary/aromatic N) is 1. The van der Waals surface area contributed by atoms with Crippen LogP contribution in [0.2, 0.25) is 0 Å². The number of para-hydroxylation sites is 1. The average molecular weight is 330 g/mol. The molecule has 4 rings (SSSR count). The molecule has 24 heavy (non-hydrogen) atoms. The SMILES string of the molecule is O=C1/C(=C\c2ccc3ccccc3c2)NC(=S)N1c1ccccc1. The van der Waals surface area contributed by atoms with Gasteiger partial charge in [-0.25, -0.2) is 0 Å². The second-order valence-corrected chi connectivity index (χ2v) is 5.96. The molecule has 1 amide bonds. The number of nitrogens with one attached hydrogen (secondary N) is 1. The molecular weight excluding hydrogens is 316 g/mol. The molecule has 0 saturated carbocycles. The topological polar surface area (TPSA) is 32.3 Å². The van der Waals surface area contributed by atoms with Crippen molar-refractivity contribution in [2.75, 3.05) is 4.90 Å². The summed E-state index contributed by atoms with van der Waals surface area (Å²) in [6.07, 6.45) is 1.84. The number of fused-ring (bicyclic) bond motifs is 1. The molecule has 3 aromatic rings. The molecule has 0 atom stereocenters. The summed E-state index contributed by atoms with van der Waals surface area (Å²) in [5.74, 6) is -0.139. The van der Waals surface area contributed by atoms with Gasteiger partial charge in [0.1, 0.15) is 5.70 Å². The van der Waals surface area contributed by atoms with Gasteiger partial charge in [0.15, 0.2) is 5.11 Å². The van der Waals surface area contributed by atoms with Crippen LogP contribution in [-0.2, 0) is 4.79 Å². The van der Waals surface area contributed by atoms with E-state index in [-0.39, 0.29) is 5.91 Å². The van der Waals surface area contributed by atoms with Crippen molar-refractivity contribution in [2.45, 2.75) is 0 Å². The Morgan fingerprint density at radius 2 is 1.58 bits per heavy atom. The third kappa shape index (κ3) is 2.57. The normalized spacial score (nSPS) is 16.0. The number of anilines is 1. The van der Waals surface area contributed by atoms with Gasteiger partial charge in [0.25, 0.3) is 5.91 Å². The summed E-state index contributed by atoms with van der Waals surface area (Å²) in [7, 11) is 0. The predicted octanol–water partition coefficient (Wildman–Crippen LogP) is 4.10. The van der Waals surface area contributed by atoms with Crippen LogP contribution in [0.3, 0.4) is 0 Å². The van der Waals surface area contributed by atoms with Gasteiger partial charge >= 0.3 is 0 Å². The fraction of sp³-hybridized carbons (Fsp3) is 0. The lowest BCUT2D eigenvalue weighted by atomic mass is 10.1. The average Bonchev–Trinajstić information content (AvgIpc) is 2.89. The number of carbonyl (C=O) groups is 1. The van der Waals surface area contributed by atoms with Gasteiger partial charge in [0.2, 0.25) is 0 Å². The van der Waals surface area contributed by atoms with Gasteiger partial charge in [0.05, 0.1) is 5.69 Å². The van der Waals surface area contributed by atoms with E-state index in [0.29, 0.717) is 10.8 Å². The van der Waals surface area contributed by atoms with Gasteiger partial charge in [-0.2, -0.15) is 0 Å². The van der Waals surface area contributed by atoms with E-state index in [1.807, 2.05) is 54.6 Å². The molecule has 1 aliphatic rings. The number of rotatable bonds is 2. The van der Waals surface area contributed by atoms with Crippen LogP contribution in [0.5, 0.6) is 0 Å². The van der Waals surface area contributed by atoms with Gasteiger partial charge in [0, 0.05) is 0 Å². The molecule has 3 aromatic carbocycles. The van der Waals surface area contributed by atoms with E-state index < -0.39 is 0 Å². The van der Waals surface area contributed by atoms with Crippen molar-refractivity contribution >= 4 is 45.8 Å². The molecule has 1 saturated heterocycles. The maximum absolute atomic E-state index is 12.7. The predicted molar refractivity (Wildman–Crippen MR) is 102 cm³/mol. The first-order valence-electron chi connectivity index (χ1n) is 7.63. The largest absolute Gasteiger partial charge is 0.327 e. The van der Waals surface area contributed by atoms with E-state index in [4.69, 9.17) is 12.2 Å². The van der Waals surface area contributed by atoms with Crippen molar-refractivity contribution in [2.24, 2.45) is 0 Å². The summed E-state index contributed by atoms with van der Waals surface area (Å²) in [4.78, 5) is 14.2. The summed E-state index contributed by atoms with van der Waals surface area (Å²) < 4.78 is 0. The Morgan fingerprint density at radius 1 is 0.875 bits per heavy atom. The second kappa shape index (κ2) is 5.91. The quantitative estimate of drug-likeness (QED) is 0.567. The third-order valence-electron chi connectivity index (χ3n) is 3.98. The molecule has 1 N–H and O–H groups in total. The lowest BCUT2D eigenvalue weighted by Gasteiger charge is -2.13. The van der Waals surface area contributed by atoms with Crippen LogP contribution in [0.4, 0.5) is 5.69 Å². The second-order valence-electron chi connectivity index (χ2n) is 5.57. The number of amides is 1. The van der Waals surface area contributed by atoms with Crippen molar-refractivity contribution in [3.8, 4) is 0 Å². The summed E-state index contributed by atoms with van der Waals surface area (Å²) in [5, 5.41) is 5.73. The third-order valence-corrected chi connectivity index (χ3v) is 4.26. The fourth-order valence-electron chi connectivity index (χ4n) is 2.81. The summed E-state index contributed by atoms with van der Waals surface area (Å²) >= 11 is 5.32. The highest BCUT2D eigenvalue weighted by atomic mass is 32.1. The number of benzene rings is 3. The van der Waals surface area contributed by atoms with Gasteiger partial charge < -0.3 is 5.32 Å². The first-order valence-corrected chi connectivity index (χ1v) is 8.04. The molecule has 0 bridgehead atoms. The lowest BCUT2D eigenvalue weighted by molar-refractivity contribution is -0.113. The van der Waals surface area contributed by atoms with Crippen LogP contribution in [0, 0.1) is 0 Å². The minimum Gasteiger partial charge on any atom is -0.327 e. The van der Waals surface area contributed by atoms with E-state index >= 15 is 0 Å². The molecule has 1 fully saturated rings. The van der Waals surface area contributed by atoms with Crippen LogP contribution < -0.4 is 10.2 Å². The molecule has 0 radical (unpaired) electrons. The Hall–Kier alpha value is -2.98. The van der Waals surface area contributed by atoms with Crippen molar-refractivity contribution in [1.29, 1.82) is 0 Å². The van der Waals surface area contributed by atoms with Crippen LogP contribution >= 0.6 is 12.2 Å². The molecular formula is C20H14N2OS. The van der Waals surface area contributed by atoms with Gasteiger partial charge in [-0.1, -0.05) is 54.6 Å². The minimum absolute atomic E-state index is 0.139. The maximum Gasteiger partial charge on any atom is 0.281 e. The summed E-state index contributed by atoms with van der Waals surface area (Å²) in [6.45, 7) is 0. The van der Waals surface area contributed by atoms with Gasteiger partial charge in [-0.3, -0.25) is 9.69 Å². The smallest absolute Gasteiger partial charge is 0.281 e. The number of hydrogen-bond donors (Lipinski definition) is 1. The number of hydrogen-bond acceptors (Lipinski definition) is 2. The molecule has 0 spiro atoms. The molecule has 4 heteroatoms. The Bertz CT molecular complexity index is 979.